The molecule has 2 atom stereocenters. The zero-order chi connectivity index (χ0) is 54.9. The van der Waals surface area contributed by atoms with Crippen LogP contribution < -0.4 is 31.1 Å². The van der Waals surface area contributed by atoms with Crippen molar-refractivity contribution < 1.29 is 35.9 Å². The molecule has 5 aliphatic carbocycles. The zero-order valence-electron chi connectivity index (χ0n) is 45.0. The van der Waals surface area contributed by atoms with Crippen molar-refractivity contribution in [3.05, 3.63) is 101 Å². The lowest BCUT2D eigenvalue weighted by Crippen LogP contribution is -2.44. The van der Waals surface area contributed by atoms with Gasteiger partial charge in [0.2, 0.25) is 0 Å². The molecule has 3 aromatic carbocycles. The highest BCUT2D eigenvalue weighted by molar-refractivity contribution is 7.93. The second-order valence-corrected chi connectivity index (χ2v) is 27.7. The molecule has 4 N–H and O–H groups in total. The normalized spacial score (nSPS) is 22.0. The monoisotopic (exact) mass is 1130 g/mol. The van der Waals surface area contributed by atoms with Gasteiger partial charge < -0.3 is 40.5 Å². The predicted octanol–water partition coefficient (Wildman–Crippen LogP) is 9.94. The minimum Gasteiger partial charge on any atom is -0.377 e. The van der Waals surface area contributed by atoms with Crippen molar-refractivity contribution in [2.45, 2.75) is 154 Å². The predicted molar refractivity (Wildman–Crippen MR) is 306 cm³/mol. The Kier molecular flexibility index (Phi) is 15.9. The first kappa shape index (κ1) is 55.0. The van der Waals surface area contributed by atoms with E-state index in [1.165, 1.54) is 0 Å². The fourth-order valence-electron chi connectivity index (χ4n) is 11.3. The minimum atomic E-state index is -3.73. The fraction of sp³-hybridized carbons (Fsp3) is 0.517. The van der Waals surface area contributed by atoms with Crippen LogP contribution in [0.15, 0.2) is 89.8 Å². The zero-order valence-corrected chi connectivity index (χ0v) is 47.4. The second kappa shape index (κ2) is 22.9. The van der Waals surface area contributed by atoms with Gasteiger partial charge in [-0.15, -0.1) is 0 Å². The van der Waals surface area contributed by atoms with Crippen LogP contribution in [-0.4, -0.2) is 118 Å². The number of anilines is 4. The van der Waals surface area contributed by atoms with Crippen LogP contribution in [0.25, 0.3) is 22.8 Å². The lowest BCUT2D eigenvalue weighted by atomic mass is 9.93. The Hall–Kier alpha value is -5.93. The summed E-state index contributed by atoms with van der Waals surface area (Å²) < 4.78 is 65.0. The summed E-state index contributed by atoms with van der Waals surface area (Å²) >= 11 is 6.03. The highest BCUT2D eigenvalue weighted by Gasteiger charge is 2.60. The summed E-state index contributed by atoms with van der Waals surface area (Å²) in [6.07, 6.45) is 13.1. The number of benzene rings is 3. The SMILES string of the molecule is C[C@H]1COCCN1c1cc(C2(S(=O)(=O)C3CCCCC3)CC2)nc(-c2ccc(NC(=O)NC3CCC3)cc2)n1.C[C@H]1COCCN1c1cc(C2(S(=O)(=O)c3ccc(Cl)cc3)CC2)nc(-c2ccc(NC(=O)NC3CCC3)cc2)n1. The van der Waals surface area contributed by atoms with Gasteiger partial charge >= 0.3 is 12.1 Å². The molecular formula is C58H71ClN10O8S2. The fourth-order valence-corrected chi connectivity index (χ4v) is 16.1. The standard InChI is InChI=1S/C29H32ClN5O4S.C29H39N5O4S/c1-19-18-39-16-15-35(19)26-17-25(29(13-14-29)40(37,38)24-11-7-21(30)8-12-24)33-27(34-26)20-5-9-23(10-6-20)32-28(36)31-22-3-2-4-22;1-20-19-38-17-16-34(20)26-18-25(29(14-15-29)39(36,37)24-8-3-2-4-9-24)32-27(33-26)21-10-12-23(13-11-21)31-28(35)30-22-6-5-7-22/h5-12,17,19,22H,2-4,13-16,18H2,1H3,(H2,31,32,36);10-13,18,20,22,24H,2-9,14-17,19H2,1H3,(H2,30,31,35)/t19-;20-/m00/s1. The third-order valence-corrected chi connectivity index (χ3v) is 22.8. The summed E-state index contributed by atoms with van der Waals surface area (Å²) in [4.78, 5) is 48.7. The number of nitrogens with zero attached hydrogens (tertiary/aromatic N) is 6. The van der Waals surface area contributed by atoms with Crippen LogP contribution in [0.1, 0.15) is 122 Å². The van der Waals surface area contributed by atoms with E-state index in [1.807, 2.05) is 48.5 Å². The number of nitrogens with one attached hydrogen (secondary N) is 4. The maximum atomic E-state index is 14.0. The molecule has 4 amide bonds. The average Bonchev–Trinajstić information content (AvgIpc) is 4.48. The van der Waals surface area contributed by atoms with Crippen molar-refractivity contribution in [2.24, 2.45) is 0 Å². The van der Waals surface area contributed by atoms with Crippen LogP contribution in [0, 0.1) is 0 Å². The molecule has 18 nitrogen and oxygen atoms in total. The van der Waals surface area contributed by atoms with E-state index < -0.39 is 29.2 Å². The topological polar surface area (TPSA) is 227 Å². The molecule has 0 spiro atoms. The molecule has 7 fully saturated rings. The maximum absolute atomic E-state index is 14.0. The summed E-state index contributed by atoms with van der Waals surface area (Å²) in [6, 6.07) is 25.1. The number of hydrogen-bond donors (Lipinski definition) is 4. The third kappa shape index (κ3) is 11.7. The van der Waals surface area contributed by atoms with Crippen LogP contribution in [0.5, 0.6) is 0 Å². The largest absolute Gasteiger partial charge is 0.377 e. The molecule has 12 rings (SSSR count). The van der Waals surface area contributed by atoms with E-state index in [0.29, 0.717) is 110 Å². The molecule has 420 valence electrons. The number of morpholine rings is 2. The van der Waals surface area contributed by atoms with E-state index >= 15 is 0 Å². The number of aromatic nitrogens is 4. The van der Waals surface area contributed by atoms with Gasteiger partial charge in [0.1, 0.15) is 21.1 Å². The third-order valence-electron chi connectivity index (χ3n) is 16.9. The van der Waals surface area contributed by atoms with Crippen molar-refractivity contribution in [3.63, 3.8) is 0 Å². The molecule has 0 unspecified atom stereocenters. The first-order valence-corrected chi connectivity index (χ1v) is 31.6. The van der Waals surface area contributed by atoms with Crippen LogP contribution in [0.2, 0.25) is 5.02 Å². The summed E-state index contributed by atoms with van der Waals surface area (Å²) in [6.45, 7) is 7.83. The van der Waals surface area contributed by atoms with Gasteiger partial charge in [0.25, 0.3) is 0 Å². The molecular weight excluding hydrogens is 1060 g/mol. The smallest absolute Gasteiger partial charge is 0.319 e. The van der Waals surface area contributed by atoms with Crippen molar-refractivity contribution in [3.8, 4) is 22.8 Å². The van der Waals surface area contributed by atoms with E-state index in [-0.39, 0.29) is 46.4 Å². The summed E-state index contributed by atoms with van der Waals surface area (Å²) in [5.41, 5.74) is 3.97. The van der Waals surface area contributed by atoms with Gasteiger partial charge in [0.05, 0.1) is 60.0 Å². The molecule has 21 heteroatoms. The first-order valence-electron chi connectivity index (χ1n) is 28.2. The Balaban J connectivity index is 0.000000167. The van der Waals surface area contributed by atoms with E-state index in [9.17, 15) is 26.4 Å². The van der Waals surface area contributed by atoms with Gasteiger partial charge in [0, 0.05) is 64.8 Å². The number of hydrogen-bond acceptors (Lipinski definition) is 14. The molecule has 4 heterocycles. The summed E-state index contributed by atoms with van der Waals surface area (Å²) in [5.74, 6) is 2.37. The van der Waals surface area contributed by atoms with Crippen LogP contribution in [-0.2, 0) is 38.6 Å². The van der Waals surface area contributed by atoms with Gasteiger partial charge in [-0.05, 0) is 164 Å². The van der Waals surface area contributed by atoms with Gasteiger partial charge in [0.15, 0.2) is 31.3 Å². The Morgan fingerprint density at radius 1 is 0.570 bits per heavy atom. The molecule has 7 aliphatic rings. The molecule has 2 saturated heterocycles. The van der Waals surface area contributed by atoms with Crippen molar-refractivity contribution >= 4 is 66.3 Å². The minimum absolute atomic E-state index is 0.0770. The van der Waals surface area contributed by atoms with Crippen molar-refractivity contribution in [2.75, 3.05) is 60.0 Å². The van der Waals surface area contributed by atoms with Gasteiger partial charge in [-0.2, -0.15) is 0 Å². The van der Waals surface area contributed by atoms with E-state index in [4.69, 9.17) is 41.0 Å². The first-order chi connectivity index (χ1) is 38.1. The number of halogens is 1. The number of carbonyl (C=O) groups excluding carboxylic acids is 2. The number of urea groups is 2. The number of rotatable bonds is 14. The Morgan fingerprint density at radius 3 is 1.42 bits per heavy atom. The Bertz CT molecular complexity index is 3240. The maximum Gasteiger partial charge on any atom is 0.319 e. The van der Waals surface area contributed by atoms with Gasteiger partial charge in [-0.1, -0.05) is 30.9 Å². The van der Waals surface area contributed by atoms with Crippen LogP contribution in [0.4, 0.5) is 32.6 Å². The lowest BCUT2D eigenvalue weighted by molar-refractivity contribution is 0.0985. The van der Waals surface area contributed by atoms with Crippen molar-refractivity contribution in [1.29, 1.82) is 0 Å². The Morgan fingerprint density at radius 2 is 1.01 bits per heavy atom. The van der Waals surface area contributed by atoms with Crippen LogP contribution in [0.3, 0.4) is 0 Å². The lowest BCUT2D eigenvalue weighted by Gasteiger charge is -2.35. The van der Waals surface area contributed by atoms with Crippen LogP contribution >= 0.6 is 11.6 Å². The molecule has 2 aliphatic heterocycles. The Labute approximate surface area is 468 Å². The van der Waals surface area contributed by atoms with E-state index in [1.54, 1.807) is 36.4 Å². The van der Waals surface area contributed by atoms with Gasteiger partial charge in [-0.25, -0.2) is 46.4 Å². The molecule has 5 aromatic rings. The van der Waals surface area contributed by atoms with Gasteiger partial charge in [-0.3, -0.25) is 0 Å². The molecule has 0 radical (unpaired) electrons. The number of amides is 4. The van der Waals surface area contributed by atoms with Crippen molar-refractivity contribution in [1.82, 2.24) is 30.6 Å². The molecule has 79 heavy (non-hydrogen) atoms. The average molecular weight is 1140 g/mol. The number of carbonyl (C=O) groups is 2. The number of sulfone groups is 2. The number of ether oxygens (including phenoxy) is 2. The second-order valence-electron chi connectivity index (χ2n) is 22.5. The quantitative estimate of drug-likeness (QED) is 0.0812. The summed E-state index contributed by atoms with van der Waals surface area (Å²) in [7, 11) is -7.11. The molecule has 2 aromatic heterocycles. The highest BCUT2D eigenvalue weighted by atomic mass is 35.5. The summed E-state index contributed by atoms with van der Waals surface area (Å²) in [5, 5.41) is 11.9. The highest BCUT2D eigenvalue weighted by Crippen LogP contribution is 2.57. The molecule has 5 saturated carbocycles. The van der Waals surface area contributed by atoms with E-state index in [0.717, 1.165) is 87.6 Å². The van der Waals surface area contributed by atoms with E-state index in [2.05, 4.69) is 44.9 Å². The molecule has 0 bridgehead atoms.